The van der Waals surface area contributed by atoms with Crippen LogP contribution in [0.1, 0.15) is 4.28 Å². The van der Waals surface area contributed by atoms with Crippen LogP contribution in [0.2, 0.25) is 0 Å². The van der Waals surface area contributed by atoms with Crippen molar-refractivity contribution < 1.29 is 140 Å². The summed E-state index contributed by atoms with van der Waals surface area (Å²) in [7, 11) is 0. The van der Waals surface area contributed by atoms with Gasteiger partial charge in [-0.15, -0.1) is 0 Å². The fourth-order valence-corrected chi connectivity index (χ4v) is 0. The Kier molecular flexibility index (Phi) is 92.3. The smallest absolute Gasteiger partial charge is 1.00 e. The Morgan fingerprint density at radius 1 is 0.750 bits per heavy atom. The minimum Gasteiger partial charge on any atom is -1.00 e. The van der Waals surface area contributed by atoms with Crippen molar-refractivity contribution in [1.29, 1.82) is 0 Å². The largest absolute Gasteiger partial charge is 1.00 e. The van der Waals surface area contributed by atoms with Gasteiger partial charge in [0.05, 0.1) is 0 Å². The molecule has 0 aromatic carbocycles. The summed E-state index contributed by atoms with van der Waals surface area (Å²) in [5, 5.41) is 0. The van der Waals surface area contributed by atoms with Crippen molar-refractivity contribution in [2.24, 2.45) is 0 Å². The molecule has 0 spiro atoms. The zero-order chi connectivity index (χ0) is 0. The Bertz CT molecular complexity index is 10.1. The Hall–Kier alpha value is 4.52. The maximum Gasteiger partial charge on any atom is 1.00 e. The first-order chi connectivity index (χ1) is 0. The van der Waals surface area contributed by atoms with Crippen LogP contribution in [-0.4, -0.2) is 0 Å². The van der Waals surface area contributed by atoms with Gasteiger partial charge in [0.25, 0.3) is 0 Å². The fraction of sp³-hybridized carbons (Fsp3) is 0. The third-order valence-electron chi connectivity index (χ3n) is 0. The number of rotatable bonds is 0. The third kappa shape index (κ3) is 9.72. The van der Waals surface area contributed by atoms with Gasteiger partial charge in [0.1, 0.15) is 0 Å². The van der Waals surface area contributed by atoms with Crippen molar-refractivity contribution >= 4 is 0 Å². The van der Waals surface area contributed by atoms with Crippen LogP contribution in [0.4, 0.5) is 0 Å². The molecule has 0 aromatic heterocycles. The Morgan fingerprint density at radius 3 is 0.750 bits per heavy atom. The molecule has 0 fully saturated rings. The molecule has 0 atom stereocenters. The van der Waals surface area contributed by atoms with Crippen molar-refractivity contribution in [3.05, 3.63) is 0 Å². The van der Waals surface area contributed by atoms with E-state index in [2.05, 4.69) is 0 Å². The van der Waals surface area contributed by atoms with Gasteiger partial charge in [-0.25, -0.2) is 0 Å². The standard InChI is InChI=1S/3Na.Yb.3H/q3*+1;;3*-1. The van der Waals surface area contributed by atoms with Gasteiger partial charge >= 0.3 is 88.7 Å². The summed E-state index contributed by atoms with van der Waals surface area (Å²) in [4.78, 5) is 0. The molecule has 0 amide bonds. The Labute approximate surface area is 136 Å². The molecule has 0 saturated carbocycles. The number of hydrogen-bond donors (Lipinski definition) is 0. The van der Waals surface area contributed by atoms with E-state index in [0.29, 0.717) is 0 Å². The van der Waals surface area contributed by atoms with Gasteiger partial charge in [0, 0.05) is 46.9 Å². The second kappa shape index (κ2) is 15.6. The molecule has 0 heterocycles. The molecule has 0 unspecified atom stereocenters. The SMILES string of the molecule is [H-].[H-].[H-].[Na+].[Na+].[Na+].[Yb]. The predicted molar refractivity (Wildman–Crippen MR) is 3.34 cm³/mol. The molecular formula is H3Na3Yb. The van der Waals surface area contributed by atoms with Crippen molar-refractivity contribution in [3.8, 4) is 0 Å². The molecule has 0 aliphatic rings. The average molecular weight is 245 g/mol. The van der Waals surface area contributed by atoms with E-state index in [9.17, 15) is 0 Å². The van der Waals surface area contributed by atoms with Crippen LogP contribution in [0.3, 0.4) is 0 Å². The van der Waals surface area contributed by atoms with E-state index < -0.39 is 0 Å². The second-order valence-electron chi connectivity index (χ2n) is 0. The van der Waals surface area contributed by atoms with Crippen molar-refractivity contribution in [1.82, 2.24) is 0 Å². The Balaban J connectivity index is 0. The van der Waals surface area contributed by atoms with Gasteiger partial charge in [0.15, 0.2) is 0 Å². The van der Waals surface area contributed by atoms with E-state index in [1.807, 2.05) is 0 Å². The molecule has 4 heavy (non-hydrogen) atoms. The fourth-order valence-electron chi connectivity index (χ4n) is 0. The van der Waals surface area contributed by atoms with Crippen LogP contribution in [0.5, 0.6) is 0 Å². The van der Waals surface area contributed by atoms with E-state index in [-0.39, 0.29) is 140 Å². The van der Waals surface area contributed by atoms with E-state index in [1.54, 1.807) is 0 Å². The van der Waals surface area contributed by atoms with Crippen molar-refractivity contribution in [2.45, 2.75) is 0 Å². The van der Waals surface area contributed by atoms with Crippen LogP contribution in [-0.2, 0) is 0 Å². The summed E-state index contributed by atoms with van der Waals surface area (Å²) in [6.07, 6.45) is 0. The quantitative estimate of drug-likeness (QED) is 0.372. The molecule has 0 aliphatic carbocycles. The van der Waals surface area contributed by atoms with E-state index in [0.717, 1.165) is 0 Å². The summed E-state index contributed by atoms with van der Waals surface area (Å²) in [5.74, 6) is 0. The van der Waals surface area contributed by atoms with Crippen molar-refractivity contribution in [2.75, 3.05) is 0 Å². The maximum absolute atomic E-state index is 0. The van der Waals surface area contributed by atoms with Gasteiger partial charge in [-0.3, -0.25) is 0 Å². The molecule has 4 heteroatoms. The minimum absolute atomic E-state index is 0. The summed E-state index contributed by atoms with van der Waals surface area (Å²) in [5.41, 5.74) is 0. The van der Waals surface area contributed by atoms with E-state index in [4.69, 9.17) is 0 Å². The summed E-state index contributed by atoms with van der Waals surface area (Å²) < 4.78 is 0. The zero-order valence-corrected chi connectivity index (χ0v) is 11.0. The molecule has 0 saturated heterocycles. The topological polar surface area (TPSA) is 0 Å². The molecule has 0 aliphatic heterocycles. The third-order valence-corrected chi connectivity index (χ3v) is 0. The summed E-state index contributed by atoms with van der Waals surface area (Å²) >= 11 is 0. The maximum atomic E-state index is 0. The number of hydrogen-bond acceptors (Lipinski definition) is 0. The molecule has 0 bridgehead atoms. The second-order valence-corrected chi connectivity index (χ2v) is 0. The van der Waals surface area contributed by atoms with Crippen LogP contribution in [0.25, 0.3) is 0 Å². The molecule has 0 radical (unpaired) electrons. The Morgan fingerprint density at radius 2 is 0.750 bits per heavy atom. The molecule has 0 rings (SSSR count). The molecular weight excluding hydrogens is 242 g/mol. The van der Waals surface area contributed by atoms with E-state index >= 15 is 0 Å². The monoisotopic (exact) mass is 246 g/mol. The minimum atomic E-state index is 0. The van der Waals surface area contributed by atoms with Gasteiger partial charge in [-0.05, 0) is 0 Å². The normalized spacial score (nSPS) is 0. The van der Waals surface area contributed by atoms with Crippen LogP contribution >= 0.6 is 0 Å². The first-order valence-electron chi connectivity index (χ1n) is 0. The van der Waals surface area contributed by atoms with Crippen LogP contribution in [0, 0.1) is 46.9 Å². The average Bonchev–Trinajstić information content (AvgIpc) is 0. The van der Waals surface area contributed by atoms with Crippen molar-refractivity contribution in [3.63, 3.8) is 0 Å². The van der Waals surface area contributed by atoms with Gasteiger partial charge in [-0.1, -0.05) is 0 Å². The molecule has 0 nitrogen and oxygen atoms in total. The summed E-state index contributed by atoms with van der Waals surface area (Å²) in [6, 6.07) is 0. The summed E-state index contributed by atoms with van der Waals surface area (Å²) in [6.45, 7) is 0. The zero-order valence-electron chi connectivity index (χ0n) is 6.27. The van der Waals surface area contributed by atoms with Crippen LogP contribution < -0.4 is 88.7 Å². The van der Waals surface area contributed by atoms with Crippen LogP contribution in [0.15, 0.2) is 0 Å². The molecule has 20 valence electrons. The first kappa shape index (κ1) is 23.6. The van der Waals surface area contributed by atoms with Gasteiger partial charge < -0.3 is 4.28 Å². The predicted octanol–water partition coefficient (Wildman–Crippen LogP) is -8.65. The van der Waals surface area contributed by atoms with Gasteiger partial charge in [0.2, 0.25) is 0 Å². The van der Waals surface area contributed by atoms with Gasteiger partial charge in [-0.2, -0.15) is 0 Å². The molecule has 0 N–H and O–H groups in total. The first-order valence-corrected chi connectivity index (χ1v) is 0. The molecule has 0 aromatic rings. The van der Waals surface area contributed by atoms with E-state index in [1.165, 1.54) is 0 Å².